The number of para-hydroxylation sites is 1. The van der Waals surface area contributed by atoms with Gasteiger partial charge in [0.05, 0.1) is 11.7 Å². The molecule has 3 rings (SSSR count). The van der Waals surface area contributed by atoms with Gasteiger partial charge in [-0.1, -0.05) is 51.0 Å². The molecule has 0 atom stereocenters. The third-order valence-electron chi connectivity index (χ3n) is 4.78. The fraction of sp³-hybridized carbons (Fsp3) is 0.500. The summed E-state index contributed by atoms with van der Waals surface area (Å²) in [5, 5.41) is 4.86. The van der Waals surface area contributed by atoms with Crippen LogP contribution in [0.1, 0.15) is 46.5 Å². The van der Waals surface area contributed by atoms with Gasteiger partial charge in [-0.2, -0.15) is 13.2 Å². The molecule has 0 bridgehead atoms. The standard InChI is InChI=1S/C12H24N2.C9H7N.CH2F3NO2S/c1-4-6-8-13-10-11-14(12(13)3)9-7-5-2;1-2-6-9-8(4-1)5-3-7-10-9;2-1(3,4)8(5,6)7/h10-12H,4-9H2,1-3H3;1-7H;(H2,5,6,7). The summed E-state index contributed by atoms with van der Waals surface area (Å²) in [5.41, 5.74) is -4.25. The lowest BCUT2D eigenvalue weighted by Crippen LogP contribution is -2.36. The SMILES string of the molecule is CCCCN1C=CN(CCCC)C1C.NS(=O)(=O)C(F)(F)F.c1ccc2ncccc2c1. The maximum Gasteiger partial charge on any atom is 0.511 e. The molecule has 0 saturated carbocycles. The van der Waals surface area contributed by atoms with Crippen molar-refractivity contribution in [1.29, 1.82) is 0 Å². The molecule has 6 nitrogen and oxygen atoms in total. The summed E-state index contributed by atoms with van der Waals surface area (Å²) in [6.45, 7) is 9.21. The maximum atomic E-state index is 10.8. The molecule has 0 aliphatic carbocycles. The highest BCUT2D eigenvalue weighted by Crippen LogP contribution is 2.19. The van der Waals surface area contributed by atoms with Gasteiger partial charge in [0.1, 0.15) is 0 Å². The fourth-order valence-corrected chi connectivity index (χ4v) is 2.83. The van der Waals surface area contributed by atoms with Crippen LogP contribution in [0.25, 0.3) is 10.9 Å². The molecule has 1 aliphatic heterocycles. The van der Waals surface area contributed by atoms with Crippen molar-refractivity contribution in [2.45, 2.75) is 58.1 Å². The highest BCUT2D eigenvalue weighted by molar-refractivity contribution is 7.90. The first-order valence-corrected chi connectivity index (χ1v) is 12.1. The van der Waals surface area contributed by atoms with Crippen LogP contribution in [0.2, 0.25) is 0 Å². The van der Waals surface area contributed by atoms with Gasteiger partial charge in [0, 0.05) is 37.1 Å². The summed E-state index contributed by atoms with van der Waals surface area (Å²) in [4.78, 5) is 9.07. The van der Waals surface area contributed by atoms with E-state index in [1.807, 2.05) is 30.5 Å². The highest BCUT2D eigenvalue weighted by Gasteiger charge is 2.42. The first-order valence-electron chi connectivity index (χ1n) is 10.6. The van der Waals surface area contributed by atoms with E-state index in [-0.39, 0.29) is 0 Å². The molecule has 0 radical (unpaired) electrons. The Hall–Kier alpha value is -2.33. The summed E-state index contributed by atoms with van der Waals surface area (Å²) < 4.78 is 51.2. The summed E-state index contributed by atoms with van der Waals surface area (Å²) >= 11 is 0. The summed E-state index contributed by atoms with van der Waals surface area (Å²) in [6, 6.07) is 12.1. The maximum absolute atomic E-state index is 10.8. The molecule has 0 unspecified atom stereocenters. The van der Waals surface area contributed by atoms with Crippen molar-refractivity contribution in [3.63, 3.8) is 0 Å². The van der Waals surface area contributed by atoms with Gasteiger partial charge in [0.15, 0.2) is 0 Å². The number of unbranched alkanes of at least 4 members (excludes halogenated alkanes) is 2. The Labute approximate surface area is 189 Å². The zero-order valence-corrected chi connectivity index (χ0v) is 19.6. The van der Waals surface area contributed by atoms with Crippen LogP contribution >= 0.6 is 0 Å². The Morgan fingerprint density at radius 2 is 1.44 bits per heavy atom. The van der Waals surface area contributed by atoms with Crippen LogP contribution in [0.15, 0.2) is 55.0 Å². The molecule has 0 saturated heterocycles. The Morgan fingerprint density at radius 1 is 0.969 bits per heavy atom. The quantitative estimate of drug-likeness (QED) is 0.634. The minimum Gasteiger partial charge on any atom is -0.356 e. The first kappa shape index (κ1) is 27.7. The smallest absolute Gasteiger partial charge is 0.356 e. The van der Waals surface area contributed by atoms with Crippen LogP contribution < -0.4 is 5.14 Å². The number of alkyl halides is 3. The minimum atomic E-state index is -5.34. The van der Waals surface area contributed by atoms with Crippen molar-refractivity contribution in [3.8, 4) is 0 Å². The number of sulfonamides is 1. The predicted molar refractivity (Wildman–Crippen MR) is 123 cm³/mol. The average Bonchev–Trinajstić information content (AvgIpc) is 3.09. The number of hydrogen-bond donors (Lipinski definition) is 1. The second-order valence-corrected chi connectivity index (χ2v) is 8.85. The number of nitrogens with two attached hydrogens (primary N) is 1. The van der Waals surface area contributed by atoms with E-state index in [2.05, 4.69) is 65.2 Å². The molecule has 0 fully saturated rings. The van der Waals surface area contributed by atoms with Crippen molar-refractivity contribution in [2.75, 3.05) is 13.1 Å². The molecule has 180 valence electrons. The number of halogens is 3. The molecular formula is C22H33F3N4O2S. The number of fused-ring (bicyclic) bond motifs is 1. The number of rotatable bonds is 6. The van der Waals surface area contributed by atoms with Crippen LogP contribution in [0, 0.1) is 0 Å². The Kier molecular flexibility index (Phi) is 11.5. The lowest BCUT2D eigenvalue weighted by molar-refractivity contribution is -0.0436. The topological polar surface area (TPSA) is 79.5 Å². The number of pyridine rings is 1. The van der Waals surface area contributed by atoms with Crippen molar-refractivity contribution in [1.82, 2.24) is 14.8 Å². The molecule has 2 N–H and O–H groups in total. The van der Waals surface area contributed by atoms with Crippen molar-refractivity contribution < 1.29 is 21.6 Å². The zero-order valence-electron chi connectivity index (χ0n) is 18.8. The third kappa shape index (κ3) is 9.44. The molecular weight excluding hydrogens is 441 g/mol. The molecule has 1 aromatic carbocycles. The van der Waals surface area contributed by atoms with Crippen molar-refractivity contribution >= 4 is 20.9 Å². The average molecular weight is 475 g/mol. The van der Waals surface area contributed by atoms with E-state index in [1.54, 1.807) is 0 Å². The summed E-state index contributed by atoms with van der Waals surface area (Å²) in [5.74, 6) is 0. The van der Waals surface area contributed by atoms with Gasteiger partial charge in [-0.05, 0) is 31.9 Å². The van der Waals surface area contributed by atoms with E-state index in [4.69, 9.17) is 0 Å². The van der Waals surface area contributed by atoms with Gasteiger partial charge in [-0.15, -0.1) is 0 Å². The number of hydrogen-bond acceptors (Lipinski definition) is 5. The molecule has 10 heteroatoms. The lowest BCUT2D eigenvalue weighted by atomic mass is 10.2. The van der Waals surface area contributed by atoms with Gasteiger partial charge in [0.2, 0.25) is 0 Å². The lowest BCUT2D eigenvalue weighted by Gasteiger charge is -2.29. The van der Waals surface area contributed by atoms with E-state index in [0.29, 0.717) is 6.17 Å². The van der Waals surface area contributed by atoms with Crippen LogP contribution in [0.3, 0.4) is 0 Å². The molecule has 1 aliphatic rings. The second-order valence-electron chi connectivity index (χ2n) is 7.30. The van der Waals surface area contributed by atoms with Crippen molar-refractivity contribution in [2.24, 2.45) is 5.14 Å². The van der Waals surface area contributed by atoms with Crippen molar-refractivity contribution in [3.05, 3.63) is 55.0 Å². The Bertz CT molecular complexity index is 853. The zero-order chi connectivity index (χ0) is 24.2. The van der Waals surface area contributed by atoms with Gasteiger partial charge in [0.25, 0.3) is 0 Å². The van der Waals surface area contributed by atoms with E-state index >= 15 is 0 Å². The predicted octanol–water partition coefficient (Wildman–Crippen LogP) is 5.05. The molecule has 32 heavy (non-hydrogen) atoms. The molecule has 2 aromatic rings. The van der Waals surface area contributed by atoms with E-state index in [1.165, 1.54) is 44.2 Å². The molecule has 1 aromatic heterocycles. The van der Waals surface area contributed by atoms with E-state index < -0.39 is 15.5 Å². The fourth-order valence-electron chi connectivity index (χ4n) is 2.83. The largest absolute Gasteiger partial charge is 0.511 e. The van der Waals surface area contributed by atoms with E-state index in [0.717, 1.165) is 5.52 Å². The van der Waals surface area contributed by atoms with Crippen LogP contribution in [0.4, 0.5) is 13.2 Å². The van der Waals surface area contributed by atoms with Crippen LogP contribution in [-0.4, -0.2) is 48.0 Å². The van der Waals surface area contributed by atoms with Gasteiger partial charge in [-0.3, -0.25) is 4.98 Å². The monoisotopic (exact) mass is 474 g/mol. The molecule has 0 amide bonds. The molecule has 2 heterocycles. The summed E-state index contributed by atoms with van der Waals surface area (Å²) in [7, 11) is -5.34. The Balaban J connectivity index is 0.000000251. The second kappa shape index (κ2) is 13.3. The number of nitrogens with zero attached hydrogens (tertiary/aromatic N) is 3. The number of primary sulfonamides is 1. The molecule has 0 spiro atoms. The van der Waals surface area contributed by atoms with Crippen LogP contribution in [0.5, 0.6) is 0 Å². The normalized spacial score (nSPS) is 14.1. The van der Waals surface area contributed by atoms with Gasteiger partial charge < -0.3 is 9.80 Å². The number of benzene rings is 1. The number of aromatic nitrogens is 1. The highest BCUT2D eigenvalue weighted by atomic mass is 32.2. The van der Waals surface area contributed by atoms with Gasteiger partial charge >= 0.3 is 15.5 Å². The van der Waals surface area contributed by atoms with Gasteiger partial charge in [-0.25, -0.2) is 13.6 Å². The third-order valence-corrected chi connectivity index (χ3v) is 5.43. The Morgan fingerprint density at radius 3 is 1.88 bits per heavy atom. The summed E-state index contributed by atoms with van der Waals surface area (Å²) in [6.07, 6.45) is 12.0. The van der Waals surface area contributed by atoms with E-state index in [9.17, 15) is 21.6 Å². The minimum absolute atomic E-state index is 0.577. The first-order chi connectivity index (χ1) is 15.0. The van der Waals surface area contributed by atoms with Crippen LogP contribution in [-0.2, 0) is 10.0 Å².